The van der Waals surface area contributed by atoms with Gasteiger partial charge in [0, 0.05) is 24.4 Å². The molecular formula is C14H21NO. The molecule has 2 fully saturated rings. The van der Waals surface area contributed by atoms with Gasteiger partial charge in [0.15, 0.2) is 0 Å². The van der Waals surface area contributed by atoms with E-state index in [1.165, 1.54) is 19.3 Å². The summed E-state index contributed by atoms with van der Waals surface area (Å²) in [6.07, 6.45) is 7.05. The first kappa shape index (κ1) is 11.7. The highest BCUT2D eigenvalue weighted by molar-refractivity contribution is 5.25. The molecule has 1 saturated heterocycles. The molecule has 0 amide bonds. The summed E-state index contributed by atoms with van der Waals surface area (Å²) in [4.78, 5) is 0. The van der Waals surface area contributed by atoms with Gasteiger partial charge in [-0.1, -0.05) is 31.3 Å². The second-order valence-electron chi connectivity index (χ2n) is 5.17. The molecule has 4 atom stereocenters. The molecule has 2 heteroatoms. The van der Waals surface area contributed by atoms with Crippen molar-refractivity contribution >= 4 is 0 Å². The topological polar surface area (TPSA) is 32.3 Å². The Kier molecular flexibility index (Phi) is 3.37. The van der Waals surface area contributed by atoms with Crippen LogP contribution in [0.2, 0.25) is 0 Å². The monoisotopic (exact) mass is 219 g/mol. The molecule has 0 aromatic rings. The van der Waals surface area contributed by atoms with Gasteiger partial charge in [0.25, 0.3) is 0 Å². The molecular weight excluding hydrogens is 198 g/mol. The minimum Gasteiger partial charge on any atom is -0.377 e. The highest BCUT2D eigenvalue weighted by Crippen LogP contribution is 2.39. The second-order valence-corrected chi connectivity index (χ2v) is 5.17. The molecule has 0 radical (unpaired) electrons. The highest BCUT2D eigenvalue weighted by atomic mass is 16.3. The molecule has 0 aromatic heterocycles. The van der Waals surface area contributed by atoms with Gasteiger partial charge in [-0.05, 0) is 25.8 Å². The number of fused-ring (bicyclic) bond motifs is 1. The first-order valence-corrected chi connectivity index (χ1v) is 6.28. The van der Waals surface area contributed by atoms with E-state index >= 15 is 0 Å². The van der Waals surface area contributed by atoms with Crippen LogP contribution in [-0.4, -0.2) is 22.8 Å². The molecule has 0 aromatic carbocycles. The van der Waals surface area contributed by atoms with Gasteiger partial charge in [0.2, 0.25) is 0 Å². The summed E-state index contributed by atoms with van der Waals surface area (Å²) < 4.78 is 0. The fourth-order valence-corrected chi connectivity index (χ4v) is 3.26. The summed E-state index contributed by atoms with van der Waals surface area (Å²) in [5.41, 5.74) is -0.802. The molecule has 2 nitrogen and oxygen atoms in total. The van der Waals surface area contributed by atoms with E-state index in [0.717, 1.165) is 12.8 Å². The lowest BCUT2D eigenvalue weighted by atomic mass is 9.68. The third kappa shape index (κ3) is 2.16. The van der Waals surface area contributed by atoms with Crippen LogP contribution in [0.5, 0.6) is 0 Å². The van der Waals surface area contributed by atoms with Crippen LogP contribution >= 0.6 is 0 Å². The van der Waals surface area contributed by atoms with Gasteiger partial charge in [0.05, 0.1) is 0 Å². The zero-order valence-corrected chi connectivity index (χ0v) is 10.00. The Morgan fingerprint density at radius 3 is 2.94 bits per heavy atom. The molecule has 1 saturated carbocycles. The summed E-state index contributed by atoms with van der Waals surface area (Å²) >= 11 is 0. The van der Waals surface area contributed by atoms with Gasteiger partial charge in [-0.15, -0.1) is 0 Å². The van der Waals surface area contributed by atoms with Gasteiger partial charge in [-0.3, -0.25) is 0 Å². The molecule has 16 heavy (non-hydrogen) atoms. The third-order valence-corrected chi connectivity index (χ3v) is 3.89. The number of piperidine rings is 1. The van der Waals surface area contributed by atoms with Gasteiger partial charge in [-0.2, -0.15) is 0 Å². The number of rotatable bonds is 0. The number of allylic oxidation sites excluding steroid dienone is 1. The average Bonchev–Trinajstić information content (AvgIpc) is 2.26. The predicted octanol–water partition coefficient (Wildman–Crippen LogP) is 1.85. The van der Waals surface area contributed by atoms with Crippen molar-refractivity contribution in [2.24, 2.45) is 5.92 Å². The van der Waals surface area contributed by atoms with Crippen molar-refractivity contribution in [3.8, 4) is 11.8 Å². The van der Waals surface area contributed by atoms with Crippen LogP contribution in [0.15, 0.2) is 12.7 Å². The normalized spacial score (nSPS) is 42.8. The van der Waals surface area contributed by atoms with Crippen LogP contribution in [0.4, 0.5) is 0 Å². The minimum atomic E-state index is -0.802. The highest BCUT2D eigenvalue weighted by Gasteiger charge is 2.46. The molecule has 1 aliphatic carbocycles. The Morgan fingerprint density at radius 1 is 1.44 bits per heavy atom. The largest absolute Gasteiger partial charge is 0.377 e. The lowest BCUT2D eigenvalue weighted by Gasteiger charge is -2.47. The van der Waals surface area contributed by atoms with Crippen LogP contribution in [0.25, 0.3) is 0 Å². The third-order valence-electron chi connectivity index (χ3n) is 3.89. The maximum atomic E-state index is 10.7. The Labute approximate surface area is 98.1 Å². The summed E-state index contributed by atoms with van der Waals surface area (Å²) in [5.74, 6) is 6.17. The van der Waals surface area contributed by atoms with Crippen LogP contribution in [-0.2, 0) is 0 Å². The van der Waals surface area contributed by atoms with Crippen molar-refractivity contribution in [1.29, 1.82) is 0 Å². The van der Waals surface area contributed by atoms with E-state index < -0.39 is 5.60 Å². The van der Waals surface area contributed by atoms with E-state index in [-0.39, 0.29) is 0 Å². The van der Waals surface area contributed by atoms with Crippen LogP contribution < -0.4 is 5.32 Å². The maximum Gasteiger partial charge on any atom is 0.131 e. The molecule has 1 heterocycles. The molecule has 88 valence electrons. The molecule has 2 N–H and O–H groups in total. The van der Waals surface area contributed by atoms with E-state index in [0.29, 0.717) is 18.0 Å². The van der Waals surface area contributed by atoms with Crippen molar-refractivity contribution in [1.82, 2.24) is 5.32 Å². The molecule has 0 unspecified atom stereocenters. The average molecular weight is 219 g/mol. The summed E-state index contributed by atoms with van der Waals surface area (Å²) in [6, 6.07) is 0.796. The van der Waals surface area contributed by atoms with Gasteiger partial charge in [-0.25, -0.2) is 0 Å². The second kappa shape index (κ2) is 4.61. The Hall–Kier alpha value is -0.780. The SMILES string of the molecule is C=CC#C[C@]1(O)C[C@H](C)N[C@@H]2CCCC[C@H]21. The fraction of sp³-hybridized carbons (Fsp3) is 0.714. The molecule has 0 bridgehead atoms. The summed E-state index contributed by atoms with van der Waals surface area (Å²) in [6.45, 7) is 5.73. The standard InChI is InChI=1S/C14H21NO/c1-3-4-9-14(16)10-11(2)15-13-8-6-5-7-12(13)14/h3,11-13,15-16H,1,5-8,10H2,2H3/t11-,12+,13+,14-/m0/s1. The van der Waals surface area contributed by atoms with E-state index in [1.807, 2.05) is 0 Å². The quantitative estimate of drug-likeness (QED) is 0.609. The van der Waals surface area contributed by atoms with Crippen molar-refractivity contribution < 1.29 is 5.11 Å². The lowest BCUT2D eigenvalue weighted by Crippen LogP contribution is -2.59. The molecule has 0 spiro atoms. The van der Waals surface area contributed by atoms with Crippen LogP contribution in [0.3, 0.4) is 0 Å². The minimum absolute atomic E-state index is 0.296. The van der Waals surface area contributed by atoms with Crippen molar-refractivity contribution in [3.63, 3.8) is 0 Å². The molecule has 2 rings (SSSR count). The van der Waals surface area contributed by atoms with E-state index in [2.05, 4.69) is 30.7 Å². The maximum absolute atomic E-state index is 10.7. The van der Waals surface area contributed by atoms with Gasteiger partial charge >= 0.3 is 0 Å². The van der Waals surface area contributed by atoms with Gasteiger partial charge < -0.3 is 10.4 Å². The van der Waals surface area contributed by atoms with E-state index in [1.54, 1.807) is 6.08 Å². The Bertz CT molecular complexity index is 327. The van der Waals surface area contributed by atoms with Crippen molar-refractivity contribution in [2.75, 3.05) is 0 Å². The predicted molar refractivity (Wildman–Crippen MR) is 65.9 cm³/mol. The summed E-state index contributed by atoms with van der Waals surface area (Å²) in [5, 5.41) is 14.3. The van der Waals surface area contributed by atoms with Gasteiger partial charge in [0.1, 0.15) is 5.60 Å². The molecule has 1 aliphatic heterocycles. The zero-order valence-electron chi connectivity index (χ0n) is 10.00. The number of hydrogen-bond acceptors (Lipinski definition) is 2. The fourth-order valence-electron chi connectivity index (χ4n) is 3.26. The Balaban J connectivity index is 2.23. The summed E-state index contributed by atoms with van der Waals surface area (Å²) in [7, 11) is 0. The van der Waals surface area contributed by atoms with Crippen LogP contribution in [0, 0.1) is 17.8 Å². The smallest absolute Gasteiger partial charge is 0.131 e. The number of hydrogen-bond donors (Lipinski definition) is 2. The van der Waals surface area contributed by atoms with E-state index in [9.17, 15) is 5.11 Å². The Morgan fingerprint density at radius 2 is 2.19 bits per heavy atom. The number of nitrogens with one attached hydrogen (secondary N) is 1. The number of aliphatic hydroxyl groups is 1. The first-order chi connectivity index (χ1) is 7.65. The first-order valence-electron chi connectivity index (χ1n) is 6.28. The lowest BCUT2D eigenvalue weighted by molar-refractivity contribution is -0.0385. The van der Waals surface area contributed by atoms with Crippen molar-refractivity contribution in [2.45, 2.75) is 56.7 Å². The zero-order chi connectivity index (χ0) is 11.6. The van der Waals surface area contributed by atoms with Crippen molar-refractivity contribution in [3.05, 3.63) is 12.7 Å². The van der Waals surface area contributed by atoms with Crippen LogP contribution in [0.1, 0.15) is 39.0 Å². The van der Waals surface area contributed by atoms with E-state index in [4.69, 9.17) is 0 Å². The molecule has 2 aliphatic rings.